The Morgan fingerprint density at radius 2 is 2.10 bits per heavy atom. The largest absolute Gasteiger partial charge is 0.346 e. The van der Waals surface area contributed by atoms with E-state index in [-0.39, 0.29) is 0 Å². The van der Waals surface area contributed by atoms with Gasteiger partial charge in [0.25, 0.3) is 0 Å². The standard InChI is InChI=1S/C18H29N3/c1-6-9-17-11-16(14-19-13-15(4)5)12-18(20-17)21(8-3)10-7-2/h2,11-12,15,19H,6,8-10,13-14H2,1,3-5H3. The van der Waals surface area contributed by atoms with E-state index in [4.69, 9.17) is 11.4 Å². The van der Waals surface area contributed by atoms with Crippen molar-refractivity contribution in [3.05, 3.63) is 23.4 Å². The smallest absolute Gasteiger partial charge is 0.129 e. The number of aryl methyl sites for hydroxylation is 1. The van der Waals surface area contributed by atoms with Crippen LogP contribution < -0.4 is 10.2 Å². The van der Waals surface area contributed by atoms with E-state index in [0.29, 0.717) is 12.5 Å². The summed E-state index contributed by atoms with van der Waals surface area (Å²) in [6.45, 7) is 12.1. The minimum Gasteiger partial charge on any atom is -0.346 e. The molecular formula is C18H29N3. The highest BCUT2D eigenvalue weighted by Crippen LogP contribution is 2.16. The first-order chi connectivity index (χ1) is 10.1. The molecule has 0 aromatic carbocycles. The fourth-order valence-corrected chi connectivity index (χ4v) is 2.25. The van der Waals surface area contributed by atoms with Crippen molar-refractivity contribution in [3.8, 4) is 12.3 Å². The van der Waals surface area contributed by atoms with Gasteiger partial charge in [-0.3, -0.25) is 0 Å². The van der Waals surface area contributed by atoms with Crippen molar-refractivity contribution in [2.75, 3.05) is 24.5 Å². The van der Waals surface area contributed by atoms with E-state index in [2.05, 4.69) is 56.0 Å². The molecule has 1 heterocycles. The number of rotatable bonds is 9. The Hall–Kier alpha value is -1.53. The summed E-state index contributed by atoms with van der Waals surface area (Å²) in [7, 11) is 0. The summed E-state index contributed by atoms with van der Waals surface area (Å²) in [6, 6.07) is 4.37. The number of terminal acetylenes is 1. The van der Waals surface area contributed by atoms with Gasteiger partial charge in [-0.1, -0.05) is 33.1 Å². The average molecular weight is 287 g/mol. The highest BCUT2D eigenvalue weighted by Gasteiger charge is 2.08. The zero-order chi connectivity index (χ0) is 15.7. The van der Waals surface area contributed by atoms with E-state index in [1.807, 2.05) is 0 Å². The summed E-state index contributed by atoms with van der Waals surface area (Å²) >= 11 is 0. The Balaban J connectivity index is 2.91. The molecule has 0 aliphatic heterocycles. The Labute approximate surface area is 130 Å². The fourth-order valence-electron chi connectivity index (χ4n) is 2.25. The number of nitrogens with zero attached hydrogens (tertiary/aromatic N) is 2. The van der Waals surface area contributed by atoms with Crippen LogP contribution in [0.4, 0.5) is 5.82 Å². The molecule has 116 valence electrons. The third-order valence-electron chi connectivity index (χ3n) is 3.30. The predicted octanol–water partition coefficient (Wildman–Crippen LogP) is 3.24. The van der Waals surface area contributed by atoms with Gasteiger partial charge in [-0.05, 0) is 43.5 Å². The molecule has 0 aliphatic carbocycles. The topological polar surface area (TPSA) is 28.2 Å². The second-order valence-electron chi connectivity index (χ2n) is 5.82. The van der Waals surface area contributed by atoms with Crippen molar-refractivity contribution in [3.63, 3.8) is 0 Å². The van der Waals surface area contributed by atoms with Crippen molar-refractivity contribution < 1.29 is 0 Å². The first kappa shape index (κ1) is 17.5. The van der Waals surface area contributed by atoms with Gasteiger partial charge in [-0.2, -0.15) is 0 Å². The van der Waals surface area contributed by atoms with Crippen molar-refractivity contribution in [2.24, 2.45) is 5.92 Å². The van der Waals surface area contributed by atoms with Crippen LogP contribution in [0.5, 0.6) is 0 Å². The second kappa shape index (κ2) is 9.41. The van der Waals surface area contributed by atoms with E-state index in [1.54, 1.807) is 0 Å². The van der Waals surface area contributed by atoms with Gasteiger partial charge in [0, 0.05) is 18.8 Å². The summed E-state index contributed by atoms with van der Waals surface area (Å²) in [5.41, 5.74) is 2.45. The number of anilines is 1. The Kier molecular flexibility index (Phi) is 7.85. The minimum absolute atomic E-state index is 0.609. The van der Waals surface area contributed by atoms with Gasteiger partial charge in [0.15, 0.2) is 0 Å². The molecule has 0 radical (unpaired) electrons. The summed E-state index contributed by atoms with van der Waals surface area (Å²) in [5.74, 6) is 4.38. The maximum atomic E-state index is 5.46. The SMILES string of the molecule is C#CCN(CC)c1cc(CNCC(C)C)cc(CCC)n1. The highest BCUT2D eigenvalue weighted by atomic mass is 15.2. The molecular weight excluding hydrogens is 258 g/mol. The summed E-state index contributed by atoms with van der Waals surface area (Å²) in [6.07, 6.45) is 7.58. The molecule has 3 heteroatoms. The normalized spacial score (nSPS) is 10.7. The van der Waals surface area contributed by atoms with E-state index in [9.17, 15) is 0 Å². The average Bonchev–Trinajstić information content (AvgIpc) is 2.44. The molecule has 1 aromatic rings. The summed E-state index contributed by atoms with van der Waals surface area (Å²) < 4.78 is 0. The van der Waals surface area contributed by atoms with Crippen LogP contribution in [0.3, 0.4) is 0 Å². The third-order valence-corrected chi connectivity index (χ3v) is 3.30. The molecule has 0 bridgehead atoms. The van der Waals surface area contributed by atoms with Crippen LogP contribution in [-0.4, -0.2) is 24.6 Å². The van der Waals surface area contributed by atoms with Crippen LogP contribution in [-0.2, 0) is 13.0 Å². The van der Waals surface area contributed by atoms with E-state index >= 15 is 0 Å². The number of hydrogen-bond donors (Lipinski definition) is 1. The monoisotopic (exact) mass is 287 g/mol. The molecule has 0 fully saturated rings. The summed E-state index contributed by atoms with van der Waals surface area (Å²) in [5, 5.41) is 3.50. The summed E-state index contributed by atoms with van der Waals surface area (Å²) in [4.78, 5) is 6.90. The lowest BCUT2D eigenvalue weighted by Crippen LogP contribution is -2.25. The zero-order valence-corrected chi connectivity index (χ0v) is 13.9. The van der Waals surface area contributed by atoms with Gasteiger partial charge in [-0.15, -0.1) is 6.42 Å². The maximum absolute atomic E-state index is 5.46. The molecule has 21 heavy (non-hydrogen) atoms. The molecule has 0 amide bonds. The van der Waals surface area contributed by atoms with Gasteiger partial charge >= 0.3 is 0 Å². The molecule has 0 saturated heterocycles. The number of pyridine rings is 1. The number of aromatic nitrogens is 1. The van der Waals surface area contributed by atoms with Gasteiger partial charge in [0.2, 0.25) is 0 Å². The molecule has 0 saturated carbocycles. The van der Waals surface area contributed by atoms with Gasteiger partial charge in [-0.25, -0.2) is 4.98 Å². The van der Waals surface area contributed by atoms with Crippen molar-refractivity contribution >= 4 is 5.82 Å². The Morgan fingerprint density at radius 3 is 2.67 bits per heavy atom. The molecule has 1 N–H and O–H groups in total. The quantitative estimate of drug-likeness (QED) is 0.707. The fraction of sp³-hybridized carbons (Fsp3) is 0.611. The molecule has 0 aliphatic rings. The lowest BCUT2D eigenvalue weighted by Gasteiger charge is -2.21. The molecule has 0 atom stereocenters. The van der Waals surface area contributed by atoms with Crippen LogP contribution in [0.15, 0.2) is 12.1 Å². The first-order valence-corrected chi connectivity index (χ1v) is 7.99. The van der Waals surface area contributed by atoms with Crippen molar-refractivity contribution in [1.82, 2.24) is 10.3 Å². The van der Waals surface area contributed by atoms with Crippen LogP contribution in [0.2, 0.25) is 0 Å². The van der Waals surface area contributed by atoms with Crippen LogP contribution in [0.1, 0.15) is 45.4 Å². The van der Waals surface area contributed by atoms with E-state index in [1.165, 1.54) is 5.56 Å². The second-order valence-corrected chi connectivity index (χ2v) is 5.82. The lowest BCUT2D eigenvalue weighted by molar-refractivity contribution is 0.552. The number of hydrogen-bond acceptors (Lipinski definition) is 3. The molecule has 3 nitrogen and oxygen atoms in total. The number of nitrogens with one attached hydrogen (secondary N) is 1. The highest BCUT2D eigenvalue weighted by molar-refractivity contribution is 5.44. The van der Waals surface area contributed by atoms with Crippen molar-refractivity contribution in [2.45, 2.75) is 47.1 Å². The third kappa shape index (κ3) is 6.18. The minimum atomic E-state index is 0.609. The molecule has 0 unspecified atom stereocenters. The molecule has 0 spiro atoms. The van der Waals surface area contributed by atoms with Crippen molar-refractivity contribution in [1.29, 1.82) is 0 Å². The first-order valence-electron chi connectivity index (χ1n) is 7.99. The van der Waals surface area contributed by atoms with E-state index < -0.39 is 0 Å². The van der Waals surface area contributed by atoms with Gasteiger partial charge in [0.1, 0.15) is 5.82 Å². The Bertz CT molecular complexity index is 460. The zero-order valence-electron chi connectivity index (χ0n) is 13.9. The van der Waals surface area contributed by atoms with Crippen LogP contribution >= 0.6 is 0 Å². The van der Waals surface area contributed by atoms with Gasteiger partial charge in [0.05, 0.1) is 6.54 Å². The predicted molar refractivity (Wildman–Crippen MR) is 91.5 cm³/mol. The maximum Gasteiger partial charge on any atom is 0.129 e. The van der Waals surface area contributed by atoms with Gasteiger partial charge < -0.3 is 10.2 Å². The van der Waals surface area contributed by atoms with Crippen LogP contribution in [0, 0.1) is 18.3 Å². The molecule has 1 rings (SSSR count). The Morgan fingerprint density at radius 1 is 1.33 bits per heavy atom. The molecule has 1 aromatic heterocycles. The van der Waals surface area contributed by atoms with E-state index in [0.717, 1.165) is 44.0 Å². The lowest BCUT2D eigenvalue weighted by atomic mass is 10.1. The van der Waals surface area contributed by atoms with Crippen LogP contribution in [0.25, 0.3) is 0 Å².